The molecule has 0 saturated carbocycles. The number of nitrogens with zero attached hydrogens (tertiary/aromatic N) is 3. The Morgan fingerprint density at radius 1 is 1.14 bits per heavy atom. The predicted molar refractivity (Wildman–Crippen MR) is 114 cm³/mol. The second-order valence-electron chi connectivity index (χ2n) is 7.24. The highest BCUT2D eigenvalue weighted by Gasteiger charge is 2.51. The molecule has 0 aromatic heterocycles. The first kappa shape index (κ1) is 20.9. The van der Waals surface area contributed by atoms with Gasteiger partial charge in [0.15, 0.2) is 20.6 Å². The smallest absolute Gasteiger partial charge is 0.259 e. The number of hydrogen-bond acceptors (Lipinski definition) is 4. The summed E-state index contributed by atoms with van der Waals surface area (Å²) in [4.78, 5) is 19.2. The van der Waals surface area contributed by atoms with E-state index in [2.05, 4.69) is 4.85 Å². The van der Waals surface area contributed by atoms with Gasteiger partial charge in [-0.15, -0.1) is 0 Å². The van der Waals surface area contributed by atoms with Crippen LogP contribution >= 0.6 is 12.2 Å². The van der Waals surface area contributed by atoms with Crippen LogP contribution in [0.1, 0.15) is 19.4 Å². The van der Waals surface area contributed by atoms with Crippen molar-refractivity contribution in [2.24, 2.45) is 0 Å². The second kappa shape index (κ2) is 6.90. The third-order valence-electron chi connectivity index (χ3n) is 4.89. The average molecular weight is 432 g/mol. The Balaban J connectivity index is 2.10. The monoisotopic (exact) mass is 431 g/mol. The van der Waals surface area contributed by atoms with Gasteiger partial charge in [0.1, 0.15) is 11.4 Å². The van der Waals surface area contributed by atoms with E-state index in [1.807, 2.05) is 0 Å². The summed E-state index contributed by atoms with van der Waals surface area (Å²) < 4.78 is 38.3. The molecule has 1 saturated heterocycles. The first-order chi connectivity index (χ1) is 13.4. The van der Waals surface area contributed by atoms with Crippen LogP contribution in [0, 0.1) is 19.3 Å². The molecule has 6 nitrogen and oxygen atoms in total. The molecule has 1 heterocycles. The summed E-state index contributed by atoms with van der Waals surface area (Å²) in [6.45, 7) is 11.9. The SMILES string of the molecule is [C-]#[N+]c1ccc(N2C(=O)C(C)(C)N(c3ccc(S(C)(=O)=O)cc3)C2=S)c(F)c1C. The quantitative estimate of drug-likeness (QED) is 0.543. The number of halogens is 1. The van der Waals surface area contributed by atoms with Crippen LogP contribution in [0.15, 0.2) is 41.3 Å². The first-order valence-corrected chi connectivity index (χ1v) is 10.9. The van der Waals surface area contributed by atoms with Crippen molar-refractivity contribution in [3.05, 3.63) is 59.2 Å². The Morgan fingerprint density at radius 3 is 2.24 bits per heavy atom. The summed E-state index contributed by atoms with van der Waals surface area (Å²) in [7, 11) is -3.37. The fourth-order valence-corrected chi connectivity index (χ4v) is 4.38. The average Bonchev–Trinajstić information content (AvgIpc) is 2.82. The van der Waals surface area contributed by atoms with E-state index in [0.29, 0.717) is 5.69 Å². The molecule has 1 aliphatic heterocycles. The fourth-order valence-electron chi connectivity index (χ4n) is 3.24. The molecule has 0 N–H and O–H groups in total. The molecule has 0 spiro atoms. The Bertz CT molecular complexity index is 1180. The summed E-state index contributed by atoms with van der Waals surface area (Å²) in [5.41, 5.74) is -0.327. The van der Waals surface area contributed by atoms with Gasteiger partial charge < -0.3 is 4.90 Å². The molecule has 2 aromatic carbocycles. The molecule has 2 aromatic rings. The number of anilines is 2. The molecule has 0 bridgehead atoms. The zero-order chi connectivity index (χ0) is 21.7. The number of amides is 1. The van der Waals surface area contributed by atoms with Gasteiger partial charge in [0, 0.05) is 11.9 Å². The molecule has 3 rings (SSSR count). The van der Waals surface area contributed by atoms with E-state index in [4.69, 9.17) is 18.8 Å². The number of thiocarbonyl (C=S) groups is 1. The van der Waals surface area contributed by atoms with Gasteiger partial charge in [0.05, 0.1) is 17.2 Å². The molecular weight excluding hydrogens is 413 g/mol. The van der Waals surface area contributed by atoms with Crippen LogP contribution in [-0.2, 0) is 14.6 Å². The fraction of sp³-hybridized carbons (Fsp3) is 0.250. The summed E-state index contributed by atoms with van der Waals surface area (Å²) in [6.07, 6.45) is 1.11. The standard InChI is InChI=1S/C20H18FN3O3S2/c1-12-15(22-4)10-11-16(17(12)21)23-18(25)20(2,3)24(19(23)28)13-6-8-14(9-7-13)29(5,26)27/h6-11H,1-3,5H3. The van der Waals surface area contributed by atoms with Crippen molar-refractivity contribution in [1.29, 1.82) is 0 Å². The summed E-state index contributed by atoms with van der Waals surface area (Å²) in [5, 5.41) is 0.0703. The minimum atomic E-state index is -3.37. The van der Waals surface area contributed by atoms with Crippen LogP contribution < -0.4 is 9.80 Å². The molecule has 1 aliphatic rings. The van der Waals surface area contributed by atoms with Gasteiger partial charge in [-0.1, -0.05) is 6.07 Å². The lowest BCUT2D eigenvalue weighted by Gasteiger charge is -2.29. The van der Waals surface area contributed by atoms with E-state index < -0.39 is 27.1 Å². The third kappa shape index (κ3) is 3.28. The first-order valence-electron chi connectivity index (χ1n) is 8.56. The van der Waals surface area contributed by atoms with Crippen molar-refractivity contribution in [3.8, 4) is 0 Å². The molecule has 29 heavy (non-hydrogen) atoms. The van der Waals surface area contributed by atoms with Crippen LogP contribution in [0.3, 0.4) is 0 Å². The van der Waals surface area contributed by atoms with E-state index in [0.717, 1.165) is 11.2 Å². The highest BCUT2D eigenvalue weighted by atomic mass is 32.2. The van der Waals surface area contributed by atoms with Crippen LogP contribution in [0.25, 0.3) is 4.85 Å². The van der Waals surface area contributed by atoms with Gasteiger partial charge in [0.2, 0.25) is 0 Å². The van der Waals surface area contributed by atoms with Crippen molar-refractivity contribution >= 4 is 50.1 Å². The van der Waals surface area contributed by atoms with Crippen molar-refractivity contribution < 1.29 is 17.6 Å². The lowest BCUT2D eigenvalue weighted by Crippen LogP contribution is -2.44. The zero-order valence-corrected chi connectivity index (χ0v) is 17.9. The largest absolute Gasteiger partial charge is 0.304 e. The van der Waals surface area contributed by atoms with Crippen molar-refractivity contribution in [3.63, 3.8) is 0 Å². The Morgan fingerprint density at radius 2 is 1.72 bits per heavy atom. The van der Waals surface area contributed by atoms with Crippen molar-refractivity contribution in [1.82, 2.24) is 0 Å². The number of rotatable bonds is 3. The Kier molecular flexibility index (Phi) is 4.97. The van der Waals surface area contributed by atoms with E-state index >= 15 is 0 Å². The molecule has 0 atom stereocenters. The van der Waals surface area contributed by atoms with Crippen LogP contribution in [0.5, 0.6) is 0 Å². The van der Waals surface area contributed by atoms with E-state index in [1.54, 1.807) is 30.9 Å². The van der Waals surface area contributed by atoms with E-state index in [9.17, 15) is 17.6 Å². The second-order valence-corrected chi connectivity index (χ2v) is 9.62. The van der Waals surface area contributed by atoms with Gasteiger partial charge in [-0.25, -0.2) is 17.7 Å². The van der Waals surface area contributed by atoms with E-state index in [1.165, 1.54) is 31.2 Å². The van der Waals surface area contributed by atoms with Gasteiger partial charge in [-0.05, 0) is 68.9 Å². The third-order valence-corrected chi connectivity index (χ3v) is 6.38. The topological polar surface area (TPSA) is 62.1 Å². The highest BCUT2D eigenvalue weighted by molar-refractivity contribution is 7.90. The van der Waals surface area contributed by atoms with Crippen LogP contribution in [0.4, 0.5) is 21.5 Å². The van der Waals surface area contributed by atoms with Crippen LogP contribution in [-0.4, -0.2) is 31.2 Å². The maximum absolute atomic E-state index is 14.9. The van der Waals surface area contributed by atoms with Crippen molar-refractivity contribution in [2.75, 3.05) is 16.1 Å². The highest BCUT2D eigenvalue weighted by Crippen LogP contribution is 2.39. The Hall–Kier alpha value is -2.83. The lowest BCUT2D eigenvalue weighted by atomic mass is 10.0. The summed E-state index contributed by atoms with van der Waals surface area (Å²) >= 11 is 5.51. The van der Waals surface area contributed by atoms with Crippen molar-refractivity contribution in [2.45, 2.75) is 31.2 Å². The number of benzene rings is 2. The van der Waals surface area contributed by atoms with Crippen LogP contribution in [0.2, 0.25) is 0 Å². The van der Waals surface area contributed by atoms with Gasteiger partial charge >= 0.3 is 0 Å². The summed E-state index contributed by atoms with van der Waals surface area (Å²) in [5.74, 6) is -1.11. The van der Waals surface area contributed by atoms with Gasteiger partial charge in [0.25, 0.3) is 5.91 Å². The van der Waals surface area contributed by atoms with E-state index in [-0.39, 0.29) is 26.9 Å². The number of hydrogen-bond donors (Lipinski definition) is 0. The van der Waals surface area contributed by atoms with Gasteiger partial charge in [-0.2, -0.15) is 0 Å². The number of carbonyl (C=O) groups is 1. The maximum atomic E-state index is 14.9. The molecule has 0 unspecified atom stereocenters. The molecule has 1 fully saturated rings. The Labute approximate surface area is 174 Å². The molecule has 1 amide bonds. The minimum absolute atomic E-state index is 0.0202. The lowest BCUT2D eigenvalue weighted by molar-refractivity contribution is -0.120. The molecule has 9 heteroatoms. The molecular formula is C20H18FN3O3S2. The summed E-state index contributed by atoms with van der Waals surface area (Å²) in [6, 6.07) is 8.81. The zero-order valence-electron chi connectivity index (χ0n) is 16.2. The normalized spacial score (nSPS) is 16.3. The maximum Gasteiger partial charge on any atom is 0.259 e. The number of sulfone groups is 1. The molecule has 0 aliphatic carbocycles. The predicted octanol–water partition coefficient (Wildman–Crippen LogP) is 4.01. The molecule has 0 radical (unpaired) electrons. The number of carbonyl (C=O) groups excluding carboxylic acids is 1. The van der Waals surface area contributed by atoms with Gasteiger partial charge in [-0.3, -0.25) is 9.69 Å². The minimum Gasteiger partial charge on any atom is -0.304 e. The molecule has 150 valence electrons.